The molecular formula is C32H23Cl2N5O2. The maximum Gasteiger partial charge on any atom is 0.260 e. The van der Waals surface area contributed by atoms with E-state index in [-0.39, 0.29) is 17.9 Å². The van der Waals surface area contributed by atoms with Crippen LogP contribution < -0.4 is 10.9 Å². The fraction of sp³-hybridized carbons (Fsp3) is 0.0625. The van der Waals surface area contributed by atoms with E-state index in [2.05, 4.69) is 10.5 Å². The summed E-state index contributed by atoms with van der Waals surface area (Å²) in [5.41, 5.74) is 7.16. The Morgan fingerprint density at radius 3 is 2.22 bits per heavy atom. The molecule has 1 amide bonds. The minimum Gasteiger partial charge on any atom is -0.331 e. The van der Waals surface area contributed by atoms with Crippen LogP contribution in [0.3, 0.4) is 0 Å². The molecule has 0 saturated heterocycles. The number of rotatable bonds is 7. The van der Waals surface area contributed by atoms with Crippen molar-refractivity contribution in [1.29, 1.82) is 0 Å². The SMILES string of the molecule is O=C(Cn1c2ccccc2c(=O)c2ccccc21)N/N=C\c1cn(Cc2ccc(Cl)cc2Cl)nc1-c1ccccc1. The lowest BCUT2D eigenvalue weighted by molar-refractivity contribution is -0.121. The van der Waals surface area contributed by atoms with E-state index in [1.807, 2.05) is 83.6 Å². The molecule has 1 N–H and O–H groups in total. The molecule has 0 fully saturated rings. The molecule has 0 unspecified atom stereocenters. The third-order valence-corrected chi connectivity index (χ3v) is 7.35. The Kier molecular flexibility index (Phi) is 7.37. The van der Waals surface area contributed by atoms with Gasteiger partial charge in [-0.1, -0.05) is 83.9 Å². The number of halogens is 2. The van der Waals surface area contributed by atoms with Gasteiger partial charge in [0.1, 0.15) is 12.2 Å². The Balaban J connectivity index is 1.28. The number of amides is 1. The Morgan fingerprint density at radius 2 is 1.54 bits per heavy atom. The number of benzene rings is 4. The zero-order chi connectivity index (χ0) is 28.3. The molecule has 0 atom stereocenters. The van der Waals surface area contributed by atoms with Crippen LogP contribution in [0.25, 0.3) is 33.1 Å². The number of carbonyl (C=O) groups is 1. The first-order valence-electron chi connectivity index (χ1n) is 12.9. The van der Waals surface area contributed by atoms with Crippen molar-refractivity contribution in [3.63, 3.8) is 0 Å². The number of pyridine rings is 1. The lowest BCUT2D eigenvalue weighted by atomic mass is 10.1. The van der Waals surface area contributed by atoms with Crippen LogP contribution in [0, 0.1) is 0 Å². The number of hydrazone groups is 1. The highest BCUT2D eigenvalue weighted by Gasteiger charge is 2.14. The zero-order valence-electron chi connectivity index (χ0n) is 21.7. The first-order valence-corrected chi connectivity index (χ1v) is 13.6. The van der Waals surface area contributed by atoms with Gasteiger partial charge in [0.05, 0.1) is 23.8 Å². The molecule has 4 aromatic carbocycles. The number of carbonyl (C=O) groups excluding carboxylic acids is 1. The van der Waals surface area contributed by atoms with Gasteiger partial charge in [-0.05, 0) is 42.0 Å². The van der Waals surface area contributed by atoms with Gasteiger partial charge in [-0.2, -0.15) is 10.2 Å². The van der Waals surface area contributed by atoms with Crippen LogP contribution in [-0.4, -0.2) is 26.5 Å². The average Bonchev–Trinajstić information content (AvgIpc) is 3.39. The monoisotopic (exact) mass is 579 g/mol. The summed E-state index contributed by atoms with van der Waals surface area (Å²) in [6.07, 6.45) is 3.43. The van der Waals surface area contributed by atoms with Crippen LogP contribution in [0.1, 0.15) is 11.1 Å². The van der Waals surface area contributed by atoms with Crippen molar-refractivity contribution in [3.05, 3.63) is 135 Å². The van der Waals surface area contributed by atoms with Gasteiger partial charge in [0.2, 0.25) is 0 Å². The summed E-state index contributed by atoms with van der Waals surface area (Å²) in [7, 11) is 0. The highest BCUT2D eigenvalue weighted by molar-refractivity contribution is 6.35. The first kappa shape index (κ1) is 26.5. The van der Waals surface area contributed by atoms with E-state index in [0.717, 1.165) is 16.7 Å². The summed E-state index contributed by atoms with van der Waals surface area (Å²) in [6, 6.07) is 29.7. The molecule has 9 heteroatoms. The van der Waals surface area contributed by atoms with Gasteiger partial charge in [-0.3, -0.25) is 14.3 Å². The van der Waals surface area contributed by atoms with Gasteiger partial charge in [0.15, 0.2) is 5.43 Å². The highest BCUT2D eigenvalue weighted by atomic mass is 35.5. The Hall–Kier alpha value is -4.72. The molecule has 0 bridgehead atoms. The summed E-state index contributed by atoms with van der Waals surface area (Å²) in [4.78, 5) is 26.1. The van der Waals surface area contributed by atoms with Crippen LogP contribution in [0.4, 0.5) is 0 Å². The molecule has 0 saturated carbocycles. The number of hydrogen-bond acceptors (Lipinski definition) is 4. The zero-order valence-corrected chi connectivity index (χ0v) is 23.2. The van der Waals surface area contributed by atoms with E-state index in [0.29, 0.717) is 44.1 Å². The molecule has 0 aliphatic carbocycles. The third kappa shape index (κ3) is 5.50. The number of aromatic nitrogens is 3. The van der Waals surface area contributed by atoms with Gasteiger partial charge < -0.3 is 4.57 Å². The molecule has 0 spiro atoms. The van der Waals surface area contributed by atoms with Gasteiger partial charge in [-0.15, -0.1) is 0 Å². The van der Waals surface area contributed by atoms with E-state index in [9.17, 15) is 9.59 Å². The number of nitrogens with one attached hydrogen (secondary N) is 1. The Morgan fingerprint density at radius 1 is 0.878 bits per heavy atom. The van der Waals surface area contributed by atoms with E-state index >= 15 is 0 Å². The van der Waals surface area contributed by atoms with E-state index in [1.165, 1.54) is 0 Å². The van der Waals surface area contributed by atoms with Crippen molar-refractivity contribution >= 4 is 57.1 Å². The molecule has 0 radical (unpaired) electrons. The fourth-order valence-electron chi connectivity index (χ4n) is 4.86. The number of hydrogen-bond donors (Lipinski definition) is 1. The molecule has 0 aliphatic rings. The smallest absolute Gasteiger partial charge is 0.260 e. The highest BCUT2D eigenvalue weighted by Crippen LogP contribution is 2.25. The second-order valence-corrected chi connectivity index (χ2v) is 10.3. The summed E-state index contributed by atoms with van der Waals surface area (Å²) >= 11 is 12.4. The molecule has 0 aliphatic heterocycles. The Bertz CT molecular complexity index is 1940. The summed E-state index contributed by atoms with van der Waals surface area (Å²) < 4.78 is 3.61. The quantitative estimate of drug-likeness (QED) is 0.133. The molecule has 2 aromatic heterocycles. The van der Waals surface area contributed by atoms with E-state index in [4.69, 9.17) is 28.3 Å². The molecule has 6 aromatic rings. The largest absolute Gasteiger partial charge is 0.331 e. The van der Waals surface area contributed by atoms with Crippen molar-refractivity contribution < 1.29 is 4.79 Å². The van der Waals surface area contributed by atoms with Gasteiger partial charge in [0.25, 0.3) is 5.91 Å². The van der Waals surface area contributed by atoms with Crippen LogP contribution in [-0.2, 0) is 17.9 Å². The predicted molar refractivity (Wildman–Crippen MR) is 165 cm³/mol. The standard InChI is InChI=1S/C32H23Cl2N5O2/c33-24-15-14-22(27(34)16-24)18-38-19-23(31(37-38)21-8-2-1-3-9-21)17-35-36-30(40)20-39-28-12-6-4-10-25(28)32(41)26-11-5-7-13-29(26)39/h1-17,19H,18,20H2,(H,36,40)/b35-17-. The van der Waals surface area contributed by atoms with Gasteiger partial charge in [-0.25, -0.2) is 5.43 Å². The van der Waals surface area contributed by atoms with E-state index < -0.39 is 0 Å². The van der Waals surface area contributed by atoms with Gasteiger partial charge >= 0.3 is 0 Å². The van der Waals surface area contributed by atoms with Crippen LogP contribution in [0.2, 0.25) is 10.0 Å². The topological polar surface area (TPSA) is 81.3 Å². The molecule has 6 rings (SSSR count). The second-order valence-electron chi connectivity index (χ2n) is 9.48. The van der Waals surface area contributed by atoms with Crippen molar-refractivity contribution in [1.82, 2.24) is 19.8 Å². The van der Waals surface area contributed by atoms with Crippen LogP contribution in [0.15, 0.2) is 113 Å². The molecular weight excluding hydrogens is 557 g/mol. The number of nitrogens with zero attached hydrogens (tertiary/aromatic N) is 4. The average molecular weight is 580 g/mol. The van der Waals surface area contributed by atoms with Crippen LogP contribution in [0.5, 0.6) is 0 Å². The lowest BCUT2D eigenvalue weighted by Gasteiger charge is -2.14. The fourth-order valence-corrected chi connectivity index (χ4v) is 5.33. The van der Waals surface area contributed by atoms with E-state index in [1.54, 1.807) is 35.2 Å². The van der Waals surface area contributed by atoms with Crippen molar-refractivity contribution in [2.24, 2.45) is 5.10 Å². The maximum atomic E-state index is 13.1. The second kappa shape index (κ2) is 11.4. The first-order chi connectivity index (χ1) is 20.0. The van der Waals surface area contributed by atoms with Crippen LogP contribution >= 0.6 is 23.2 Å². The number of para-hydroxylation sites is 2. The summed E-state index contributed by atoms with van der Waals surface area (Å²) in [6.45, 7) is 0.418. The van der Waals surface area contributed by atoms with Crippen molar-refractivity contribution in [2.45, 2.75) is 13.1 Å². The summed E-state index contributed by atoms with van der Waals surface area (Å²) in [5, 5.41) is 11.3. The normalized spacial score (nSPS) is 11.5. The minimum absolute atomic E-state index is 0.0154. The maximum absolute atomic E-state index is 13.1. The minimum atomic E-state index is -0.332. The Labute approximate surface area is 245 Å². The molecule has 41 heavy (non-hydrogen) atoms. The predicted octanol–water partition coefficient (Wildman–Crippen LogP) is 6.52. The van der Waals surface area contributed by atoms with Crippen molar-refractivity contribution in [3.8, 4) is 11.3 Å². The lowest BCUT2D eigenvalue weighted by Crippen LogP contribution is -2.25. The molecule has 202 valence electrons. The van der Waals surface area contributed by atoms with Gasteiger partial charge in [0, 0.05) is 38.1 Å². The summed E-state index contributed by atoms with van der Waals surface area (Å²) in [5.74, 6) is -0.332. The third-order valence-electron chi connectivity index (χ3n) is 6.76. The molecule has 7 nitrogen and oxygen atoms in total. The number of fused-ring (bicyclic) bond motifs is 2. The molecule has 2 heterocycles. The van der Waals surface area contributed by atoms with Crippen molar-refractivity contribution in [2.75, 3.05) is 0 Å².